The Hall–Kier alpha value is -2.00. The lowest BCUT2D eigenvalue weighted by atomic mass is 9.90. The molecule has 3 nitrogen and oxygen atoms in total. The number of benzene rings is 2. The highest BCUT2D eigenvalue weighted by Crippen LogP contribution is 2.39. The van der Waals surface area contributed by atoms with Crippen molar-refractivity contribution in [3.8, 4) is 11.5 Å². The Morgan fingerprint density at radius 3 is 2.71 bits per heavy atom. The van der Waals surface area contributed by atoms with E-state index in [1.54, 1.807) is 0 Å². The first kappa shape index (κ1) is 14.0. The van der Waals surface area contributed by atoms with Crippen LogP contribution in [0, 0.1) is 0 Å². The van der Waals surface area contributed by atoms with Gasteiger partial charge in [-0.15, -0.1) is 0 Å². The minimum atomic E-state index is -0.209. The molecule has 21 heavy (non-hydrogen) atoms. The van der Waals surface area contributed by atoms with Crippen molar-refractivity contribution in [2.45, 2.75) is 38.5 Å². The van der Waals surface area contributed by atoms with Gasteiger partial charge in [0.25, 0.3) is 0 Å². The third kappa shape index (κ3) is 3.19. The van der Waals surface area contributed by atoms with E-state index in [0.717, 1.165) is 29.0 Å². The Balaban J connectivity index is 1.76. The SMILES string of the molecule is CC1(C)CC(N)c2cc(OCc3ccccc3)ccc2O1. The smallest absolute Gasteiger partial charge is 0.125 e. The Morgan fingerprint density at radius 2 is 1.95 bits per heavy atom. The molecule has 0 saturated carbocycles. The van der Waals surface area contributed by atoms with Crippen molar-refractivity contribution in [1.29, 1.82) is 0 Å². The van der Waals surface area contributed by atoms with Crippen LogP contribution in [0.15, 0.2) is 48.5 Å². The second kappa shape index (κ2) is 5.41. The van der Waals surface area contributed by atoms with Gasteiger partial charge in [0.1, 0.15) is 23.7 Å². The molecule has 3 rings (SSSR count). The molecule has 0 radical (unpaired) electrons. The number of hydrogen-bond acceptors (Lipinski definition) is 3. The molecule has 0 amide bonds. The van der Waals surface area contributed by atoms with Gasteiger partial charge < -0.3 is 15.2 Å². The fourth-order valence-corrected chi connectivity index (χ4v) is 2.72. The van der Waals surface area contributed by atoms with Gasteiger partial charge in [0, 0.05) is 18.0 Å². The van der Waals surface area contributed by atoms with E-state index >= 15 is 0 Å². The third-order valence-electron chi connectivity index (χ3n) is 3.73. The molecule has 0 saturated heterocycles. The van der Waals surface area contributed by atoms with Crippen LogP contribution in [0.5, 0.6) is 11.5 Å². The summed E-state index contributed by atoms with van der Waals surface area (Å²) in [6.07, 6.45) is 0.808. The molecule has 3 heteroatoms. The van der Waals surface area contributed by atoms with Crippen molar-refractivity contribution in [3.05, 3.63) is 59.7 Å². The van der Waals surface area contributed by atoms with Crippen LogP contribution in [-0.4, -0.2) is 5.60 Å². The van der Waals surface area contributed by atoms with Crippen molar-refractivity contribution in [3.63, 3.8) is 0 Å². The van der Waals surface area contributed by atoms with Crippen molar-refractivity contribution in [2.75, 3.05) is 0 Å². The highest BCUT2D eigenvalue weighted by molar-refractivity contribution is 5.44. The molecule has 0 fully saturated rings. The largest absolute Gasteiger partial charge is 0.489 e. The maximum Gasteiger partial charge on any atom is 0.125 e. The lowest BCUT2D eigenvalue weighted by Crippen LogP contribution is -2.37. The maximum atomic E-state index is 6.26. The van der Waals surface area contributed by atoms with Gasteiger partial charge in [-0.1, -0.05) is 30.3 Å². The predicted molar refractivity (Wildman–Crippen MR) is 83.5 cm³/mol. The van der Waals surface area contributed by atoms with Gasteiger partial charge in [-0.3, -0.25) is 0 Å². The van der Waals surface area contributed by atoms with Gasteiger partial charge >= 0.3 is 0 Å². The van der Waals surface area contributed by atoms with Crippen LogP contribution >= 0.6 is 0 Å². The van der Waals surface area contributed by atoms with E-state index < -0.39 is 0 Å². The lowest BCUT2D eigenvalue weighted by molar-refractivity contribution is 0.0726. The van der Waals surface area contributed by atoms with Crippen LogP contribution in [-0.2, 0) is 6.61 Å². The number of rotatable bonds is 3. The molecule has 1 aliphatic heterocycles. The van der Waals surface area contributed by atoms with Crippen LogP contribution < -0.4 is 15.2 Å². The quantitative estimate of drug-likeness (QED) is 0.931. The molecule has 1 aliphatic rings. The zero-order valence-electron chi connectivity index (χ0n) is 12.5. The lowest BCUT2D eigenvalue weighted by Gasteiger charge is -2.36. The minimum Gasteiger partial charge on any atom is -0.489 e. The van der Waals surface area contributed by atoms with Gasteiger partial charge in [0.05, 0.1) is 0 Å². The van der Waals surface area contributed by atoms with E-state index in [4.69, 9.17) is 15.2 Å². The summed E-state index contributed by atoms with van der Waals surface area (Å²) in [6.45, 7) is 4.69. The summed E-state index contributed by atoms with van der Waals surface area (Å²) in [7, 11) is 0. The molecule has 1 heterocycles. The molecule has 0 bridgehead atoms. The summed E-state index contributed by atoms with van der Waals surface area (Å²) >= 11 is 0. The number of hydrogen-bond donors (Lipinski definition) is 1. The zero-order chi connectivity index (χ0) is 14.9. The van der Waals surface area contributed by atoms with E-state index in [9.17, 15) is 0 Å². The van der Waals surface area contributed by atoms with Gasteiger partial charge in [-0.2, -0.15) is 0 Å². The monoisotopic (exact) mass is 283 g/mol. The predicted octanol–water partition coefficient (Wildman–Crippen LogP) is 3.83. The fraction of sp³-hybridized carbons (Fsp3) is 0.333. The molecular formula is C18H21NO2. The number of fused-ring (bicyclic) bond motifs is 1. The normalized spacial score (nSPS) is 19.5. The van der Waals surface area contributed by atoms with Gasteiger partial charge in [0.15, 0.2) is 0 Å². The van der Waals surface area contributed by atoms with E-state index in [-0.39, 0.29) is 11.6 Å². The number of ether oxygens (including phenoxy) is 2. The molecule has 0 spiro atoms. The summed E-state index contributed by atoms with van der Waals surface area (Å²) in [5.74, 6) is 1.70. The topological polar surface area (TPSA) is 44.5 Å². The minimum absolute atomic E-state index is 0.0102. The number of nitrogens with two attached hydrogens (primary N) is 1. The Kier molecular flexibility index (Phi) is 3.60. The second-order valence-corrected chi connectivity index (χ2v) is 6.15. The van der Waals surface area contributed by atoms with Gasteiger partial charge in [-0.05, 0) is 37.6 Å². The van der Waals surface area contributed by atoms with Crippen LogP contribution in [0.3, 0.4) is 0 Å². The average molecular weight is 283 g/mol. The summed E-state index contributed by atoms with van der Waals surface area (Å²) in [6, 6.07) is 16.0. The van der Waals surface area contributed by atoms with Crippen molar-refractivity contribution >= 4 is 0 Å². The highest BCUT2D eigenvalue weighted by Gasteiger charge is 2.31. The van der Waals surface area contributed by atoms with Crippen LogP contribution in [0.4, 0.5) is 0 Å². The summed E-state index contributed by atoms with van der Waals surface area (Å²) in [5, 5.41) is 0. The molecule has 1 atom stereocenters. The molecule has 0 aliphatic carbocycles. The highest BCUT2D eigenvalue weighted by atomic mass is 16.5. The maximum absolute atomic E-state index is 6.26. The first-order valence-electron chi connectivity index (χ1n) is 7.29. The molecule has 2 aromatic rings. The Bertz CT molecular complexity index is 622. The van der Waals surface area contributed by atoms with Crippen LogP contribution in [0.2, 0.25) is 0 Å². The van der Waals surface area contributed by atoms with E-state index in [2.05, 4.69) is 26.0 Å². The molecular weight excluding hydrogens is 262 g/mol. The van der Waals surface area contributed by atoms with E-state index in [0.29, 0.717) is 6.61 Å². The Labute approximate surface area is 125 Å². The Morgan fingerprint density at radius 1 is 1.19 bits per heavy atom. The first-order valence-corrected chi connectivity index (χ1v) is 7.29. The van der Waals surface area contributed by atoms with Crippen LogP contribution in [0.1, 0.15) is 37.4 Å². The molecule has 2 N–H and O–H groups in total. The molecule has 110 valence electrons. The van der Waals surface area contributed by atoms with E-state index in [1.807, 2.05) is 36.4 Å². The van der Waals surface area contributed by atoms with Gasteiger partial charge in [-0.25, -0.2) is 0 Å². The van der Waals surface area contributed by atoms with Crippen molar-refractivity contribution < 1.29 is 9.47 Å². The second-order valence-electron chi connectivity index (χ2n) is 6.15. The van der Waals surface area contributed by atoms with Crippen LogP contribution in [0.25, 0.3) is 0 Å². The average Bonchev–Trinajstić information content (AvgIpc) is 2.45. The molecule has 2 aromatic carbocycles. The molecule has 1 unspecified atom stereocenters. The van der Waals surface area contributed by atoms with Crippen molar-refractivity contribution in [2.24, 2.45) is 5.73 Å². The summed E-state index contributed by atoms with van der Waals surface area (Å²) in [4.78, 5) is 0. The summed E-state index contributed by atoms with van der Waals surface area (Å²) in [5.41, 5.74) is 8.23. The molecule has 0 aromatic heterocycles. The zero-order valence-corrected chi connectivity index (χ0v) is 12.5. The summed E-state index contributed by atoms with van der Waals surface area (Å²) < 4.78 is 11.8. The fourth-order valence-electron chi connectivity index (χ4n) is 2.72. The van der Waals surface area contributed by atoms with Crippen molar-refractivity contribution in [1.82, 2.24) is 0 Å². The first-order chi connectivity index (χ1) is 10.0. The standard InChI is InChI=1S/C18H21NO2/c1-18(2)11-16(19)15-10-14(8-9-17(15)21-18)20-12-13-6-4-3-5-7-13/h3-10,16H,11-12,19H2,1-2H3. The van der Waals surface area contributed by atoms with Gasteiger partial charge in [0.2, 0.25) is 0 Å². The third-order valence-corrected chi connectivity index (χ3v) is 3.73. The van der Waals surface area contributed by atoms with E-state index in [1.165, 1.54) is 0 Å².